The molecule has 90 valence electrons. The lowest BCUT2D eigenvalue weighted by Gasteiger charge is -2.12. The smallest absolute Gasteiger partial charge is 0.121 e. The molecule has 1 aromatic carbocycles. The molecule has 0 aliphatic heterocycles. The van der Waals surface area contributed by atoms with E-state index in [1.165, 1.54) is 2.88 Å². The first kappa shape index (κ1) is 12.9. The first-order chi connectivity index (χ1) is 8.11. The number of aliphatic hydroxyl groups is 1. The third-order valence-electron chi connectivity index (χ3n) is 2.64. The molecule has 1 aromatic heterocycles. The lowest BCUT2D eigenvalue weighted by atomic mass is 10.0. The van der Waals surface area contributed by atoms with Crippen molar-refractivity contribution in [1.82, 2.24) is 0 Å². The monoisotopic (exact) mass is 360 g/mol. The zero-order valence-corrected chi connectivity index (χ0v) is 12.6. The second-order valence-corrected chi connectivity index (χ2v) is 6.62. The van der Waals surface area contributed by atoms with Gasteiger partial charge in [-0.25, -0.2) is 0 Å². The molecule has 17 heavy (non-hydrogen) atoms. The lowest BCUT2D eigenvalue weighted by molar-refractivity contribution is 0.220. The van der Waals surface area contributed by atoms with Crippen LogP contribution in [0.1, 0.15) is 22.8 Å². The molecule has 0 amide bonds. The Hall–Kier alpha value is -0.590. The van der Waals surface area contributed by atoms with Crippen LogP contribution in [0.3, 0.4) is 0 Å². The standard InChI is InChI=1S/C13H13IO2S/c1-8-5-9(3-4-11(8)16-2)13(15)10-6-12(14)17-7-10/h3-7,13,15H,1-2H3. The number of halogens is 1. The van der Waals surface area contributed by atoms with Crippen LogP contribution in [-0.4, -0.2) is 12.2 Å². The average Bonchev–Trinajstić information content (AvgIpc) is 2.75. The fourth-order valence-corrected chi connectivity index (χ4v) is 3.12. The molecule has 1 atom stereocenters. The van der Waals surface area contributed by atoms with Gasteiger partial charge in [-0.05, 0) is 69.8 Å². The average molecular weight is 360 g/mol. The van der Waals surface area contributed by atoms with E-state index in [1.807, 2.05) is 36.6 Å². The summed E-state index contributed by atoms with van der Waals surface area (Å²) in [6, 6.07) is 7.77. The van der Waals surface area contributed by atoms with Gasteiger partial charge < -0.3 is 9.84 Å². The summed E-state index contributed by atoms with van der Waals surface area (Å²) in [6.45, 7) is 1.98. The first-order valence-electron chi connectivity index (χ1n) is 5.18. The molecule has 2 nitrogen and oxygen atoms in total. The highest BCUT2D eigenvalue weighted by atomic mass is 127. The number of rotatable bonds is 3. The van der Waals surface area contributed by atoms with Gasteiger partial charge in [0.05, 0.1) is 9.99 Å². The summed E-state index contributed by atoms with van der Waals surface area (Å²) >= 11 is 3.90. The minimum atomic E-state index is -0.556. The van der Waals surface area contributed by atoms with E-state index in [0.29, 0.717) is 0 Å². The molecule has 0 bridgehead atoms. The molecule has 1 unspecified atom stereocenters. The zero-order valence-electron chi connectivity index (χ0n) is 9.61. The van der Waals surface area contributed by atoms with Crippen LogP contribution in [0.15, 0.2) is 29.6 Å². The third kappa shape index (κ3) is 2.81. The lowest BCUT2D eigenvalue weighted by Crippen LogP contribution is -1.99. The Morgan fingerprint density at radius 1 is 1.29 bits per heavy atom. The second-order valence-electron chi connectivity index (χ2n) is 3.82. The molecule has 1 N–H and O–H groups in total. The van der Waals surface area contributed by atoms with Gasteiger partial charge >= 0.3 is 0 Å². The number of aryl methyl sites for hydroxylation is 1. The van der Waals surface area contributed by atoms with Crippen molar-refractivity contribution < 1.29 is 9.84 Å². The van der Waals surface area contributed by atoms with Crippen LogP contribution in [0.5, 0.6) is 5.75 Å². The van der Waals surface area contributed by atoms with Crippen LogP contribution >= 0.6 is 33.9 Å². The number of methoxy groups -OCH3 is 1. The maximum absolute atomic E-state index is 10.3. The Kier molecular flexibility index (Phi) is 4.06. The molecular formula is C13H13IO2S. The van der Waals surface area contributed by atoms with E-state index >= 15 is 0 Å². The summed E-state index contributed by atoms with van der Waals surface area (Å²) < 4.78 is 6.39. The number of thiophene rings is 1. The number of hydrogen-bond acceptors (Lipinski definition) is 3. The second kappa shape index (κ2) is 5.37. The fourth-order valence-electron chi connectivity index (χ4n) is 1.73. The maximum Gasteiger partial charge on any atom is 0.121 e. The van der Waals surface area contributed by atoms with E-state index in [-0.39, 0.29) is 0 Å². The summed E-state index contributed by atoms with van der Waals surface area (Å²) in [5, 5.41) is 12.2. The van der Waals surface area contributed by atoms with Crippen LogP contribution in [0, 0.1) is 9.81 Å². The predicted octanol–water partition coefficient (Wildman–Crippen LogP) is 3.75. The summed E-state index contributed by atoms with van der Waals surface area (Å²) in [6.07, 6.45) is -0.556. The van der Waals surface area contributed by atoms with Crippen molar-refractivity contribution in [3.05, 3.63) is 49.2 Å². The summed E-state index contributed by atoms with van der Waals surface area (Å²) in [5.74, 6) is 0.848. The first-order valence-corrected chi connectivity index (χ1v) is 7.14. The molecular weight excluding hydrogens is 347 g/mol. The van der Waals surface area contributed by atoms with Crippen molar-refractivity contribution >= 4 is 33.9 Å². The van der Waals surface area contributed by atoms with E-state index in [2.05, 4.69) is 22.6 Å². The van der Waals surface area contributed by atoms with Crippen molar-refractivity contribution in [2.24, 2.45) is 0 Å². The molecule has 0 spiro atoms. The fraction of sp³-hybridized carbons (Fsp3) is 0.231. The molecule has 0 aliphatic rings. The highest BCUT2D eigenvalue weighted by Gasteiger charge is 2.13. The van der Waals surface area contributed by atoms with E-state index in [4.69, 9.17) is 4.74 Å². The predicted molar refractivity (Wildman–Crippen MR) is 78.8 cm³/mol. The molecule has 0 fully saturated rings. The molecule has 1 heterocycles. The van der Waals surface area contributed by atoms with Crippen LogP contribution in [0.2, 0.25) is 0 Å². The van der Waals surface area contributed by atoms with Crippen molar-refractivity contribution in [3.8, 4) is 5.75 Å². The molecule has 0 radical (unpaired) electrons. The number of ether oxygens (including phenoxy) is 1. The van der Waals surface area contributed by atoms with Crippen LogP contribution in [-0.2, 0) is 0 Å². The minimum absolute atomic E-state index is 0.556. The van der Waals surface area contributed by atoms with Gasteiger partial charge in [0.15, 0.2) is 0 Å². The number of hydrogen-bond donors (Lipinski definition) is 1. The zero-order chi connectivity index (χ0) is 12.4. The van der Waals surface area contributed by atoms with Crippen molar-refractivity contribution in [2.45, 2.75) is 13.0 Å². The normalized spacial score (nSPS) is 12.5. The van der Waals surface area contributed by atoms with Gasteiger partial charge in [0, 0.05) is 0 Å². The Morgan fingerprint density at radius 2 is 2.06 bits per heavy atom. The van der Waals surface area contributed by atoms with Crippen LogP contribution < -0.4 is 4.74 Å². The van der Waals surface area contributed by atoms with E-state index in [9.17, 15) is 5.11 Å². The van der Waals surface area contributed by atoms with Crippen molar-refractivity contribution in [2.75, 3.05) is 7.11 Å². The molecule has 4 heteroatoms. The van der Waals surface area contributed by atoms with Gasteiger partial charge in [-0.2, -0.15) is 0 Å². The Labute approximate surface area is 118 Å². The van der Waals surface area contributed by atoms with Crippen molar-refractivity contribution in [1.29, 1.82) is 0 Å². The van der Waals surface area contributed by atoms with E-state index < -0.39 is 6.10 Å². The summed E-state index contributed by atoms with van der Waals surface area (Å²) in [7, 11) is 1.65. The topological polar surface area (TPSA) is 29.5 Å². The summed E-state index contributed by atoms with van der Waals surface area (Å²) in [5.41, 5.74) is 2.88. The molecule has 0 aliphatic carbocycles. The van der Waals surface area contributed by atoms with Gasteiger partial charge in [0.25, 0.3) is 0 Å². The largest absolute Gasteiger partial charge is 0.496 e. The van der Waals surface area contributed by atoms with Crippen LogP contribution in [0.4, 0.5) is 0 Å². The van der Waals surface area contributed by atoms with Gasteiger partial charge in [0.2, 0.25) is 0 Å². The summed E-state index contributed by atoms with van der Waals surface area (Å²) in [4.78, 5) is 0. The van der Waals surface area contributed by atoms with Gasteiger partial charge in [-0.1, -0.05) is 6.07 Å². The highest BCUT2D eigenvalue weighted by Crippen LogP contribution is 2.29. The van der Waals surface area contributed by atoms with Gasteiger partial charge in [0.1, 0.15) is 11.9 Å². The third-order valence-corrected chi connectivity index (χ3v) is 4.45. The van der Waals surface area contributed by atoms with Crippen molar-refractivity contribution in [3.63, 3.8) is 0 Å². The molecule has 2 rings (SSSR count). The highest BCUT2D eigenvalue weighted by molar-refractivity contribution is 14.1. The van der Waals surface area contributed by atoms with Gasteiger partial charge in [-0.3, -0.25) is 0 Å². The molecule has 0 saturated carbocycles. The SMILES string of the molecule is COc1ccc(C(O)c2csc(I)c2)cc1C. The Morgan fingerprint density at radius 3 is 2.59 bits per heavy atom. The van der Waals surface area contributed by atoms with E-state index in [1.54, 1.807) is 18.4 Å². The number of benzene rings is 1. The van der Waals surface area contributed by atoms with Gasteiger partial charge in [-0.15, -0.1) is 11.3 Å². The molecule has 0 saturated heterocycles. The Bertz CT molecular complexity index is 522. The quantitative estimate of drug-likeness (QED) is 0.845. The van der Waals surface area contributed by atoms with E-state index in [0.717, 1.165) is 22.4 Å². The molecule has 2 aromatic rings. The number of aliphatic hydroxyl groups excluding tert-OH is 1. The Balaban J connectivity index is 2.31. The minimum Gasteiger partial charge on any atom is -0.496 e. The van der Waals surface area contributed by atoms with Crippen LogP contribution in [0.25, 0.3) is 0 Å². The maximum atomic E-state index is 10.3.